The highest BCUT2D eigenvalue weighted by Crippen LogP contribution is 2.07. The lowest BCUT2D eigenvalue weighted by molar-refractivity contribution is 0.198. The summed E-state index contributed by atoms with van der Waals surface area (Å²) in [5.74, 6) is 0.758. The summed E-state index contributed by atoms with van der Waals surface area (Å²) in [4.78, 5) is 2.50. The fourth-order valence-corrected chi connectivity index (χ4v) is 1.91. The zero-order chi connectivity index (χ0) is 11.8. The molecule has 0 heterocycles. The van der Waals surface area contributed by atoms with Crippen molar-refractivity contribution >= 4 is 0 Å². The molecule has 0 aromatic carbocycles. The van der Waals surface area contributed by atoms with E-state index in [0.29, 0.717) is 12.1 Å². The van der Waals surface area contributed by atoms with Crippen molar-refractivity contribution in [1.82, 2.24) is 10.2 Å². The van der Waals surface area contributed by atoms with Crippen LogP contribution in [-0.2, 0) is 0 Å². The molecule has 0 rings (SSSR count). The first kappa shape index (κ1) is 14.9. The average molecular weight is 214 g/mol. The van der Waals surface area contributed by atoms with Gasteiger partial charge in [0.05, 0.1) is 0 Å². The lowest BCUT2D eigenvalue weighted by atomic mass is 10.1. The third-order valence-electron chi connectivity index (χ3n) is 2.66. The molecule has 0 aliphatic rings. The predicted octanol–water partition coefficient (Wildman–Crippen LogP) is 2.74. The van der Waals surface area contributed by atoms with Gasteiger partial charge in [0.2, 0.25) is 0 Å². The first-order valence-corrected chi connectivity index (χ1v) is 6.41. The molecule has 1 atom stereocenters. The van der Waals surface area contributed by atoms with Crippen molar-refractivity contribution in [2.75, 3.05) is 20.1 Å². The fraction of sp³-hybridized carbons (Fsp3) is 1.00. The molecule has 15 heavy (non-hydrogen) atoms. The number of hydrogen-bond acceptors (Lipinski definition) is 2. The molecule has 0 aliphatic heterocycles. The smallest absolute Gasteiger partial charge is 0.0217 e. The standard InChI is InChI=1S/C13H30N2/c1-7-8-13(9-14-12(4)5)15(6)10-11(2)3/h11-14H,7-10H2,1-6H3. The van der Waals surface area contributed by atoms with Crippen LogP contribution in [-0.4, -0.2) is 37.1 Å². The number of nitrogens with zero attached hydrogens (tertiary/aromatic N) is 1. The molecular formula is C13H30N2. The van der Waals surface area contributed by atoms with Gasteiger partial charge in [0.25, 0.3) is 0 Å². The van der Waals surface area contributed by atoms with E-state index in [0.717, 1.165) is 12.5 Å². The van der Waals surface area contributed by atoms with Crippen LogP contribution in [0.4, 0.5) is 0 Å². The van der Waals surface area contributed by atoms with Gasteiger partial charge < -0.3 is 10.2 Å². The van der Waals surface area contributed by atoms with E-state index in [1.165, 1.54) is 19.4 Å². The van der Waals surface area contributed by atoms with E-state index in [4.69, 9.17) is 0 Å². The van der Waals surface area contributed by atoms with Crippen LogP contribution in [0.25, 0.3) is 0 Å². The molecular weight excluding hydrogens is 184 g/mol. The molecule has 0 saturated heterocycles. The molecule has 0 aromatic rings. The molecule has 0 amide bonds. The quantitative estimate of drug-likeness (QED) is 0.668. The van der Waals surface area contributed by atoms with E-state index in [9.17, 15) is 0 Å². The molecule has 0 saturated carbocycles. The van der Waals surface area contributed by atoms with Gasteiger partial charge in [0.15, 0.2) is 0 Å². The number of rotatable bonds is 8. The van der Waals surface area contributed by atoms with Gasteiger partial charge >= 0.3 is 0 Å². The van der Waals surface area contributed by atoms with E-state index >= 15 is 0 Å². The van der Waals surface area contributed by atoms with Crippen LogP contribution >= 0.6 is 0 Å². The summed E-state index contributed by atoms with van der Waals surface area (Å²) in [6, 6.07) is 1.29. The highest BCUT2D eigenvalue weighted by atomic mass is 15.1. The Morgan fingerprint density at radius 1 is 1.13 bits per heavy atom. The minimum atomic E-state index is 0.594. The van der Waals surface area contributed by atoms with E-state index in [1.807, 2.05) is 0 Å². The van der Waals surface area contributed by atoms with E-state index in [1.54, 1.807) is 0 Å². The Hall–Kier alpha value is -0.0800. The summed E-state index contributed by atoms with van der Waals surface area (Å²) in [6.45, 7) is 13.6. The molecule has 0 fully saturated rings. The van der Waals surface area contributed by atoms with Gasteiger partial charge in [0.1, 0.15) is 0 Å². The van der Waals surface area contributed by atoms with Crippen molar-refractivity contribution in [3.8, 4) is 0 Å². The molecule has 0 bridgehead atoms. The van der Waals surface area contributed by atoms with Crippen LogP contribution < -0.4 is 5.32 Å². The zero-order valence-electron chi connectivity index (χ0n) is 11.5. The average Bonchev–Trinajstić information content (AvgIpc) is 2.10. The summed E-state index contributed by atoms with van der Waals surface area (Å²) in [7, 11) is 2.25. The van der Waals surface area contributed by atoms with Crippen LogP contribution in [0.1, 0.15) is 47.5 Å². The normalized spacial score (nSPS) is 14.2. The Morgan fingerprint density at radius 2 is 1.73 bits per heavy atom. The second-order valence-electron chi connectivity index (χ2n) is 5.34. The second kappa shape index (κ2) is 8.12. The van der Waals surface area contributed by atoms with E-state index in [2.05, 4.69) is 51.9 Å². The Morgan fingerprint density at radius 3 is 2.13 bits per heavy atom. The fourth-order valence-electron chi connectivity index (χ4n) is 1.91. The summed E-state index contributed by atoms with van der Waals surface area (Å²) in [5.41, 5.74) is 0. The first-order chi connectivity index (χ1) is 6.97. The molecule has 0 aromatic heterocycles. The Labute approximate surface area is 96.4 Å². The highest BCUT2D eigenvalue weighted by molar-refractivity contribution is 4.73. The lowest BCUT2D eigenvalue weighted by Gasteiger charge is -2.30. The maximum Gasteiger partial charge on any atom is 0.0217 e. The third-order valence-corrected chi connectivity index (χ3v) is 2.66. The zero-order valence-corrected chi connectivity index (χ0v) is 11.5. The van der Waals surface area contributed by atoms with Crippen molar-refractivity contribution < 1.29 is 0 Å². The minimum Gasteiger partial charge on any atom is -0.313 e. The predicted molar refractivity (Wildman–Crippen MR) is 69.3 cm³/mol. The monoisotopic (exact) mass is 214 g/mol. The van der Waals surface area contributed by atoms with Crippen molar-refractivity contribution in [1.29, 1.82) is 0 Å². The molecule has 0 aliphatic carbocycles. The van der Waals surface area contributed by atoms with Gasteiger partial charge in [-0.15, -0.1) is 0 Å². The first-order valence-electron chi connectivity index (χ1n) is 6.41. The maximum atomic E-state index is 3.54. The third kappa shape index (κ3) is 7.80. The molecule has 1 unspecified atom stereocenters. The van der Waals surface area contributed by atoms with Crippen LogP contribution in [0.5, 0.6) is 0 Å². The topological polar surface area (TPSA) is 15.3 Å². The maximum absolute atomic E-state index is 3.54. The number of hydrogen-bond donors (Lipinski definition) is 1. The van der Waals surface area contributed by atoms with Crippen LogP contribution in [0.2, 0.25) is 0 Å². The van der Waals surface area contributed by atoms with Gasteiger partial charge in [-0.05, 0) is 19.4 Å². The van der Waals surface area contributed by atoms with Gasteiger partial charge in [-0.25, -0.2) is 0 Å². The minimum absolute atomic E-state index is 0.594. The van der Waals surface area contributed by atoms with Gasteiger partial charge in [-0.1, -0.05) is 41.0 Å². The molecule has 0 radical (unpaired) electrons. The molecule has 2 heteroatoms. The van der Waals surface area contributed by atoms with Gasteiger partial charge in [-0.3, -0.25) is 0 Å². The van der Waals surface area contributed by atoms with Crippen molar-refractivity contribution in [3.05, 3.63) is 0 Å². The largest absolute Gasteiger partial charge is 0.313 e. The molecule has 0 spiro atoms. The Bertz CT molecular complexity index is 143. The summed E-state index contributed by atoms with van der Waals surface area (Å²) < 4.78 is 0. The lowest BCUT2D eigenvalue weighted by Crippen LogP contribution is -2.43. The molecule has 2 nitrogen and oxygen atoms in total. The SMILES string of the molecule is CCCC(CNC(C)C)N(C)CC(C)C. The van der Waals surface area contributed by atoms with Crippen molar-refractivity contribution in [2.24, 2.45) is 5.92 Å². The molecule has 92 valence electrons. The summed E-state index contributed by atoms with van der Waals surface area (Å²) >= 11 is 0. The summed E-state index contributed by atoms with van der Waals surface area (Å²) in [6.07, 6.45) is 2.57. The molecule has 1 N–H and O–H groups in total. The van der Waals surface area contributed by atoms with Crippen molar-refractivity contribution in [3.63, 3.8) is 0 Å². The highest BCUT2D eigenvalue weighted by Gasteiger charge is 2.14. The second-order valence-corrected chi connectivity index (χ2v) is 5.34. The number of nitrogens with one attached hydrogen (secondary N) is 1. The number of likely N-dealkylation sites (N-methyl/N-ethyl adjacent to an activating group) is 1. The Kier molecular flexibility index (Phi) is 8.07. The Balaban J connectivity index is 3.99. The van der Waals surface area contributed by atoms with Crippen molar-refractivity contribution in [2.45, 2.75) is 59.5 Å². The van der Waals surface area contributed by atoms with Crippen LogP contribution in [0, 0.1) is 5.92 Å². The summed E-state index contributed by atoms with van der Waals surface area (Å²) in [5, 5.41) is 3.54. The van der Waals surface area contributed by atoms with Crippen LogP contribution in [0.15, 0.2) is 0 Å². The van der Waals surface area contributed by atoms with E-state index < -0.39 is 0 Å². The van der Waals surface area contributed by atoms with Gasteiger partial charge in [-0.2, -0.15) is 0 Å². The van der Waals surface area contributed by atoms with Gasteiger partial charge in [0, 0.05) is 25.2 Å². The van der Waals surface area contributed by atoms with Crippen LogP contribution in [0.3, 0.4) is 0 Å². The van der Waals surface area contributed by atoms with E-state index in [-0.39, 0.29) is 0 Å².